The lowest BCUT2D eigenvalue weighted by Gasteiger charge is -2.30. The predicted molar refractivity (Wildman–Crippen MR) is 68.1 cm³/mol. The molecular formula is C12H20N2O2S. The van der Waals surface area contributed by atoms with Gasteiger partial charge in [0.05, 0.1) is 24.4 Å². The van der Waals surface area contributed by atoms with Crippen LogP contribution in [0, 0.1) is 12.3 Å². The number of hydrogen-bond donors (Lipinski definition) is 1. The summed E-state index contributed by atoms with van der Waals surface area (Å²) in [4.78, 5) is 7.82. The first kappa shape index (κ1) is 13.0. The molecule has 1 aliphatic rings. The van der Waals surface area contributed by atoms with Crippen molar-refractivity contribution in [1.82, 2.24) is 9.88 Å². The van der Waals surface area contributed by atoms with Crippen LogP contribution in [0.4, 0.5) is 0 Å². The summed E-state index contributed by atoms with van der Waals surface area (Å²) in [5.41, 5.74) is 2.94. The quantitative estimate of drug-likeness (QED) is 0.862. The van der Waals surface area contributed by atoms with E-state index in [1.54, 1.807) is 11.3 Å². The second-order valence-corrected chi connectivity index (χ2v) is 5.93. The molecule has 4 nitrogen and oxygen atoms in total. The summed E-state index contributed by atoms with van der Waals surface area (Å²) in [5, 5.41) is 9.53. The number of aliphatic hydroxyl groups is 1. The zero-order valence-corrected chi connectivity index (χ0v) is 11.3. The molecule has 0 saturated carbocycles. The summed E-state index contributed by atoms with van der Waals surface area (Å²) < 4.78 is 5.41. The van der Waals surface area contributed by atoms with Crippen molar-refractivity contribution in [2.75, 3.05) is 33.4 Å². The molecule has 0 bridgehead atoms. The zero-order valence-electron chi connectivity index (χ0n) is 10.5. The van der Waals surface area contributed by atoms with Gasteiger partial charge < -0.3 is 14.7 Å². The highest BCUT2D eigenvalue weighted by Gasteiger charge is 2.35. The number of aliphatic hydroxyl groups excluding tert-OH is 1. The lowest BCUT2D eigenvalue weighted by Crippen LogP contribution is -2.38. The molecule has 2 rings (SSSR count). The van der Waals surface area contributed by atoms with Crippen LogP contribution < -0.4 is 0 Å². The molecule has 0 radical (unpaired) electrons. The van der Waals surface area contributed by atoms with Gasteiger partial charge in [-0.15, -0.1) is 11.3 Å². The van der Waals surface area contributed by atoms with E-state index in [2.05, 4.69) is 16.9 Å². The Kier molecular flexibility index (Phi) is 4.14. The van der Waals surface area contributed by atoms with Gasteiger partial charge >= 0.3 is 0 Å². The summed E-state index contributed by atoms with van der Waals surface area (Å²) in [5.74, 6) is 0. The van der Waals surface area contributed by atoms with Crippen LogP contribution in [0.15, 0.2) is 5.51 Å². The molecule has 1 atom stereocenters. The lowest BCUT2D eigenvalue weighted by atomic mass is 9.88. The number of hydrogen-bond acceptors (Lipinski definition) is 5. The van der Waals surface area contributed by atoms with Crippen LogP contribution in [0.1, 0.15) is 17.0 Å². The summed E-state index contributed by atoms with van der Waals surface area (Å²) in [7, 11) is 2.09. The van der Waals surface area contributed by atoms with Gasteiger partial charge in [0.1, 0.15) is 0 Å². The Labute approximate surface area is 106 Å². The summed E-state index contributed by atoms with van der Waals surface area (Å²) in [6.45, 7) is 5.47. The minimum absolute atomic E-state index is 0.0622. The Morgan fingerprint density at radius 2 is 2.47 bits per heavy atom. The third-order valence-electron chi connectivity index (χ3n) is 3.38. The molecule has 5 heteroatoms. The topological polar surface area (TPSA) is 45.6 Å². The van der Waals surface area contributed by atoms with E-state index >= 15 is 0 Å². The minimum atomic E-state index is -0.0622. The minimum Gasteiger partial charge on any atom is -0.396 e. The summed E-state index contributed by atoms with van der Waals surface area (Å²) in [6.07, 6.45) is 0.954. The number of aromatic nitrogens is 1. The van der Waals surface area contributed by atoms with E-state index in [4.69, 9.17) is 4.74 Å². The van der Waals surface area contributed by atoms with E-state index < -0.39 is 0 Å². The Balaban J connectivity index is 1.92. The second kappa shape index (κ2) is 5.44. The molecule has 0 amide bonds. The van der Waals surface area contributed by atoms with E-state index in [0.717, 1.165) is 31.8 Å². The van der Waals surface area contributed by atoms with Gasteiger partial charge in [-0.3, -0.25) is 0 Å². The molecule has 1 fully saturated rings. The van der Waals surface area contributed by atoms with Gasteiger partial charge in [0, 0.05) is 30.0 Å². The number of aryl methyl sites for hydroxylation is 1. The van der Waals surface area contributed by atoms with Crippen molar-refractivity contribution in [3.05, 3.63) is 16.1 Å². The van der Waals surface area contributed by atoms with E-state index in [1.807, 2.05) is 12.4 Å². The highest BCUT2D eigenvalue weighted by molar-refractivity contribution is 7.09. The summed E-state index contributed by atoms with van der Waals surface area (Å²) >= 11 is 1.70. The van der Waals surface area contributed by atoms with Crippen molar-refractivity contribution in [2.24, 2.45) is 5.41 Å². The molecule has 96 valence electrons. The Hall–Kier alpha value is -0.490. The highest BCUT2D eigenvalue weighted by atomic mass is 32.1. The maximum Gasteiger partial charge on any atom is 0.0798 e. The van der Waals surface area contributed by atoms with E-state index in [1.165, 1.54) is 4.88 Å². The standard InChI is InChI=1S/C12H20N2O2S/c1-10-11(17-9-13-10)5-14(2)6-12(7-15)3-4-16-8-12/h9,15H,3-8H2,1-2H3. The molecule has 1 unspecified atom stereocenters. The largest absolute Gasteiger partial charge is 0.396 e. The molecule has 17 heavy (non-hydrogen) atoms. The van der Waals surface area contributed by atoms with Gasteiger partial charge in [0.15, 0.2) is 0 Å². The Bertz CT molecular complexity index is 361. The van der Waals surface area contributed by atoms with Crippen molar-refractivity contribution in [1.29, 1.82) is 0 Å². The average molecular weight is 256 g/mol. The van der Waals surface area contributed by atoms with Crippen LogP contribution in [-0.2, 0) is 11.3 Å². The van der Waals surface area contributed by atoms with Crippen LogP contribution in [0.25, 0.3) is 0 Å². The van der Waals surface area contributed by atoms with E-state index in [9.17, 15) is 5.11 Å². The number of nitrogens with zero attached hydrogens (tertiary/aromatic N) is 2. The average Bonchev–Trinajstić information content (AvgIpc) is 2.90. The Morgan fingerprint density at radius 3 is 3.00 bits per heavy atom. The molecule has 1 N–H and O–H groups in total. The third-order valence-corrected chi connectivity index (χ3v) is 4.30. The first-order valence-corrected chi connectivity index (χ1v) is 6.79. The van der Waals surface area contributed by atoms with Crippen LogP contribution in [0.5, 0.6) is 0 Å². The highest BCUT2D eigenvalue weighted by Crippen LogP contribution is 2.29. The molecule has 0 aromatic carbocycles. The molecule has 1 aliphatic heterocycles. The third kappa shape index (κ3) is 3.04. The van der Waals surface area contributed by atoms with Crippen molar-refractivity contribution < 1.29 is 9.84 Å². The van der Waals surface area contributed by atoms with Crippen LogP contribution in [0.3, 0.4) is 0 Å². The first-order chi connectivity index (χ1) is 8.15. The molecule has 2 heterocycles. The fraction of sp³-hybridized carbons (Fsp3) is 0.750. The number of thiazole rings is 1. The van der Waals surface area contributed by atoms with Crippen molar-refractivity contribution >= 4 is 11.3 Å². The SMILES string of the molecule is Cc1ncsc1CN(C)CC1(CO)CCOC1. The molecule has 0 spiro atoms. The lowest BCUT2D eigenvalue weighted by molar-refractivity contribution is 0.0627. The maximum atomic E-state index is 9.53. The van der Waals surface area contributed by atoms with E-state index in [-0.39, 0.29) is 12.0 Å². The summed E-state index contributed by atoms with van der Waals surface area (Å²) in [6, 6.07) is 0. The fourth-order valence-corrected chi connectivity index (χ4v) is 3.16. The molecule has 1 aromatic rings. The zero-order chi connectivity index (χ0) is 12.3. The van der Waals surface area contributed by atoms with Crippen LogP contribution in [-0.4, -0.2) is 48.4 Å². The smallest absolute Gasteiger partial charge is 0.0798 e. The predicted octanol–water partition coefficient (Wildman–Crippen LogP) is 1.28. The molecular weight excluding hydrogens is 236 g/mol. The molecule has 0 aliphatic carbocycles. The normalized spacial score (nSPS) is 24.7. The van der Waals surface area contributed by atoms with Crippen molar-refractivity contribution in [3.8, 4) is 0 Å². The number of rotatable bonds is 5. The van der Waals surface area contributed by atoms with Crippen molar-refractivity contribution in [3.63, 3.8) is 0 Å². The Morgan fingerprint density at radius 1 is 1.65 bits per heavy atom. The number of ether oxygens (including phenoxy) is 1. The molecule has 1 aromatic heterocycles. The maximum absolute atomic E-state index is 9.53. The van der Waals surface area contributed by atoms with Gasteiger partial charge in [-0.25, -0.2) is 4.98 Å². The van der Waals surface area contributed by atoms with Gasteiger partial charge in [-0.1, -0.05) is 0 Å². The van der Waals surface area contributed by atoms with Crippen molar-refractivity contribution in [2.45, 2.75) is 19.9 Å². The van der Waals surface area contributed by atoms with Gasteiger partial charge in [-0.2, -0.15) is 0 Å². The first-order valence-electron chi connectivity index (χ1n) is 5.91. The van der Waals surface area contributed by atoms with Gasteiger partial charge in [0.2, 0.25) is 0 Å². The van der Waals surface area contributed by atoms with E-state index in [0.29, 0.717) is 6.61 Å². The second-order valence-electron chi connectivity index (χ2n) is 4.99. The van der Waals surface area contributed by atoms with Crippen LogP contribution in [0.2, 0.25) is 0 Å². The van der Waals surface area contributed by atoms with Gasteiger partial charge in [0.25, 0.3) is 0 Å². The monoisotopic (exact) mass is 256 g/mol. The molecule has 1 saturated heterocycles. The fourth-order valence-electron chi connectivity index (χ4n) is 2.30. The van der Waals surface area contributed by atoms with Gasteiger partial charge in [-0.05, 0) is 20.4 Å². The van der Waals surface area contributed by atoms with Crippen LogP contribution >= 0.6 is 11.3 Å².